The van der Waals surface area contributed by atoms with Crippen molar-refractivity contribution in [3.63, 3.8) is 0 Å². The highest BCUT2D eigenvalue weighted by Crippen LogP contribution is 2.28. The molecule has 2 aromatic rings. The second kappa shape index (κ2) is 5.32. The van der Waals surface area contributed by atoms with E-state index in [1.807, 2.05) is 0 Å². The number of nitrogens with two attached hydrogens (primary N) is 1. The molecule has 0 aliphatic heterocycles. The molecule has 0 fully saturated rings. The third kappa shape index (κ3) is 2.96. The first-order chi connectivity index (χ1) is 8.94. The van der Waals surface area contributed by atoms with Crippen molar-refractivity contribution in [1.29, 1.82) is 0 Å². The van der Waals surface area contributed by atoms with E-state index in [1.54, 1.807) is 25.3 Å². The van der Waals surface area contributed by atoms with Gasteiger partial charge in [0.05, 0.1) is 17.9 Å². The molecule has 0 aromatic carbocycles. The first kappa shape index (κ1) is 14.0. The summed E-state index contributed by atoms with van der Waals surface area (Å²) >= 11 is 3.07. The summed E-state index contributed by atoms with van der Waals surface area (Å²) in [4.78, 5) is 4.03. The van der Waals surface area contributed by atoms with Gasteiger partial charge in [-0.1, -0.05) is 0 Å². The molecule has 3 N–H and O–H groups in total. The maximum atomic E-state index is 12.2. The van der Waals surface area contributed by atoms with Crippen LogP contribution in [0.4, 0.5) is 5.69 Å². The number of halogens is 1. The third-order valence-electron chi connectivity index (χ3n) is 2.45. The molecular formula is C11H12BrN3O3S. The van der Waals surface area contributed by atoms with Crippen molar-refractivity contribution in [2.75, 3.05) is 4.72 Å². The molecule has 2 aromatic heterocycles. The lowest BCUT2D eigenvalue weighted by molar-refractivity contribution is 0.484. The maximum absolute atomic E-state index is 12.2. The van der Waals surface area contributed by atoms with Gasteiger partial charge in [-0.05, 0) is 35.0 Å². The molecule has 0 saturated carbocycles. The van der Waals surface area contributed by atoms with E-state index in [-0.39, 0.29) is 16.1 Å². The Morgan fingerprint density at radius 1 is 1.53 bits per heavy atom. The van der Waals surface area contributed by atoms with Crippen LogP contribution >= 0.6 is 15.9 Å². The number of sulfonamides is 1. The molecule has 102 valence electrons. The Morgan fingerprint density at radius 3 is 2.84 bits per heavy atom. The van der Waals surface area contributed by atoms with Gasteiger partial charge in [-0.25, -0.2) is 8.42 Å². The molecular weight excluding hydrogens is 334 g/mol. The smallest absolute Gasteiger partial charge is 0.266 e. The van der Waals surface area contributed by atoms with Crippen LogP contribution in [-0.2, 0) is 16.6 Å². The number of nitrogens with one attached hydrogen (secondary N) is 1. The van der Waals surface area contributed by atoms with Crippen molar-refractivity contribution in [3.05, 3.63) is 40.5 Å². The van der Waals surface area contributed by atoms with Crippen LogP contribution in [0.3, 0.4) is 0 Å². The van der Waals surface area contributed by atoms with Crippen LogP contribution < -0.4 is 10.5 Å². The lowest BCUT2D eigenvalue weighted by atomic mass is 10.3. The van der Waals surface area contributed by atoms with E-state index in [0.29, 0.717) is 17.1 Å². The quantitative estimate of drug-likeness (QED) is 0.882. The molecule has 0 radical (unpaired) electrons. The Bertz CT molecular complexity index is 697. The molecule has 0 spiro atoms. The van der Waals surface area contributed by atoms with E-state index in [1.165, 1.54) is 6.07 Å². The molecule has 0 bridgehead atoms. The summed E-state index contributed by atoms with van der Waals surface area (Å²) in [6.45, 7) is 1.84. The fourth-order valence-corrected chi connectivity index (χ4v) is 3.59. The zero-order valence-electron chi connectivity index (χ0n) is 10.1. The fraction of sp³-hybridized carbons (Fsp3) is 0.182. The highest BCUT2D eigenvalue weighted by Gasteiger charge is 2.22. The minimum Gasteiger partial charge on any atom is -0.452 e. The largest absolute Gasteiger partial charge is 0.452 e. The normalized spacial score (nSPS) is 11.5. The Balaban J connectivity index is 2.38. The van der Waals surface area contributed by atoms with Gasteiger partial charge in [-0.15, -0.1) is 0 Å². The Labute approximate surface area is 119 Å². The number of hydrogen-bond donors (Lipinski definition) is 2. The summed E-state index contributed by atoms with van der Waals surface area (Å²) in [6, 6.07) is 4.68. The summed E-state index contributed by atoms with van der Waals surface area (Å²) < 4.78 is 32.2. The van der Waals surface area contributed by atoms with Gasteiger partial charge in [0.2, 0.25) is 0 Å². The van der Waals surface area contributed by atoms with Gasteiger partial charge in [0.15, 0.2) is 4.67 Å². The van der Waals surface area contributed by atoms with Crippen molar-refractivity contribution in [2.24, 2.45) is 5.73 Å². The van der Waals surface area contributed by atoms with Crippen LogP contribution in [0.15, 0.2) is 38.4 Å². The van der Waals surface area contributed by atoms with E-state index in [0.717, 1.165) is 0 Å². The SMILES string of the molecule is Cc1ncccc1NS(=O)(=O)c1cc(CN)oc1Br. The topological polar surface area (TPSA) is 98.2 Å². The fourth-order valence-electron chi connectivity index (χ4n) is 1.47. The highest BCUT2D eigenvalue weighted by molar-refractivity contribution is 9.10. The molecule has 6 nitrogen and oxygen atoms in total. The third-order valence-corrected chi connectivity index (χ3v) is 4.67. The molecule has 0 unspecified atom stereocenters. The van der Waals surface area contributed by atoms with Gasteiger partial charge in [0.1, 0.15) is 10.7 Å². The molecule has 8 heteroatoms. The molecule has 0 saturated heterocycles. The van der Waals surface area contributed by atoms with Crippen LogP contribution in [0, 0.1) is 6.92 Å². The molecule has 2 rings (SSSR count). The lowest BCUT2D eigenvalue weighted by Gasteiger charge is -2.08. The second-order valence-electron chi connectivity index (χ2n) is 3.80. The van der Waals surface area contributed by atoms with Crippen LogP contribution in [0.1, 0.15) is 11.5 Å². The van der Waals surface area contributed by atoms with Crippen molar-refractivity contribution >= 4 is 31.6 Å². The van der Waals surface area contributed by atoms with E-state index in [4.69, 9.17) is 10.2 Å². The average Bonchev–Trinajstić information content (AvgIpc) is 2.74. The molecule has 0 aliphatic rings. The number of furan rings is 1. The van der Waals surface area contributed by atoms with Gasteiger partial charge >= 0.3 is 0 Å². The van der Waals surface area contributed by atoms with Gasteiger partial charge in [0, 0.05) is 12.3 Å². The standard InChI is InChI=1S/C11H12BrN3O3S/c1-7-9(3-2-4-14-7)15-19(16,17)10-5-8(6-13)18-11(10)12/h2-5,15H,6,13H2,1H3. The predicted molar refractivity (Wildman–Crippen MR) is 74.1 cm³/mol. The van der Waals surface area contributed by atoms with Gasteiger partial charge < -0.3 is 10.2 Å². The predicted octanol–water partition coefficient (Wildman–Crippen LogP) is 2.01. The first-order valence-corrected chi connectivity index (χ1v) is 7.64. The van der Waals surface area contributed by atoms with Gasteiger partial charge in [0.25, 0.3) is 10.0 Å². The zero-order chi connectivity index (χ0) is 14.0. The molecule has 0 amide bonds. The number of hydrogen-bond acceptors (Lipinski definition) is 5. The minimum atomic E-state index is -3.74. The number of rotatable bonds is 4. The number of aryl methyl sites for hydroxylation is 1. The molecule has 2 heterocycles. The van der Waals surface area contributed by atoms with E-state index >= 15 is 0 Å². The summed E-state index contributed by atoms with van der Waals surface area (Å²) in [5.74, 6) is 0.384. The van der Waals surface area contributed by atoms with Crippen molar-refractivity contribution in [3.8, 4) is 0 Å². The van der Waals surface area contributed by atoms with Crippen molar-refractivity contribution in [1.82, 2.24) is 4.98 Å². The van der Waals surface area contributed by atoms with E-state index in [2.05, 4.69) is 25.6 Å². The monoisotopic (exact) mass is 345 g/mol. The Kier molecular flexibility index (Phi) is 3.93. The molecule has 0 aliphatic carbocycles. The minimum absolute atomic E-state index is 0.0104. The number of pyridine rings is 1. The van der Waals surface area contributed by atoms with E-state index in [9.17, 15) is 8.42 Å². The number of nitrogens with zero attached hydrogens (tertiary/aromatic N) is 1. The van der Waals surface area contributed by atoms with Crippen molar-refractivity contribution in [2.45, 2.75) is 18.4 Å². The lowest BCUT2D eigenvalue weighted by Crippen LogP contribution is -2.13. The number of anilines is 1. The van der Waals surface area contributed by atoms with Crippen LogP contribution in [0.5, 0.6) is 0 Å². The second-order valence-corrected chi connectivity index (χ2v) is 6.17. The maximum Gasteiger partial charge on any atom is 0.266 e. The zero-order valence-corrected chi connectivity index (χ0v) is 12.5. The van der Waals surface area contributed by atoms with Crippen molar-refractivity contribution < 1.29 is 12.8 Å². The van der Waals surface area contributed by atoms with Crippen LogP contribution in [0.25, 0.3) is 0 Å². The van der Waals surface area contributed by atoms with Gasteiger partial charge in [-0.3, -0.25) is 9.71 Å². The van der Waals surface area contributed by atoms with E-state index < -0.39 is 10.0 Å². The summed E-state index contributed by atoms with van der Waals surface area (Å²) in [7, 11) is -3.74. The van der Waals surface area contributed by atoms with Crippen LogP contribution in [-0.4, -0.2) is 13.4 Å². The van der Waals surface area contributed by atoms with Gasteiger partial charge in [-0.2, -0.15) is 0 Å². The highest BCUT2D eigenvalue weighted by atomic mass is 79.9. The first-order valence-electron chi connectivity index (χ1n) is 5.37. The molecule has 0 atom stereocenters. The Morgan fingerprint density at radius 2 is 2.26 bits per heavy atom. The molecule has 19 heavy (non-hydrogen) atoms. The summed E-state index contributed by atoms with van der Waals surface area (Å²) in [5, 5.41) is 0. The number of aromatic nitrogens is 1. The average molecular weight is 346 g/mol. The Hall–Kier alpha value is -1.38. The summed E-state index contributed by atoms with van der Waals surface area (Å²) in [6.07, 6.45) is 1.59. The summed E-state index contributed by atoms with van der Waals surface area (Å²) in [5.41, 5.74) is 6.42. The van der Waals surface area contributed by atoms with Crippen LogP contribution in [0.2, 0.25) is 0 Å².